The van der Waals surface area contributed by atoms with Crippen LogP contribution in [0, 0.1) is 0 Å². The Kier molecular flexibility index (Phi) is 11.1. The summed E-state index contributed by atoms with van der Waals surface area (Å²) in [5, 5.41) is 9.94. The summed E-state index contributed by atoms with van der Waals surface area (Å²) in [7, 11) is 6.57. The van der Waals surface area contributed by atoms with Crippen LogP contribution in [-0.2, 0) is 13.0 Å². The van der Waals surface area contributed by atoms with Crippen molar-refractivity contribution in [2.24, 2.45) is 4.99 Å². The van der Waals surface area contributed by atoms with Gasteiger partial charge in [0.1, 0.15) is 0 Å². The van der Waals surface area contributed by atoms with E-state index < -0.39 is 0 Å². The van der Waals surface area contributed by atoms with Gasteiger partial charge in [-0.15, -0.1) is 35.3 Å². The molecule has 1 aromatic heterocycles. The number of hydrogen-bond acceptors (Lipinski definition) is 6. The molecule has 0 aliphatic rings. The van der Waals surface area contributed by atoms with Crippen molar-refractivity contribution in [2.45, 2.75) is 32.7 Å². The molecule has 2 aromatic rings. The highest BCUT2D eigenvalue weighted by Crippen LogP contribution is 2.38. The van der Waals surface area contributed by atoms with Gasteiger partial charge < -0.3 is 24.8 Å². The van der Waals surface area contributed by atoms with Crippen molar-refractivity contribution in [1.29, 1.82) is 0 Å². The van der Waals surface area contributed by atoms with Crippen LogP contribution in [0.5, 0.6) is 17.2 Å². The number of thiazole rings is 1. The average Bonchev–Trinajstić information content (AvgIpc) is 3.18. The fourth-order valence-corrected chi connectivity index (χ4v) is 3.52. The van der Waals surface area contributed by atoms with Crippen LogP contribution in [-0.4, -0.2) is 45.9 Å². The SMILES string of the molecule is CN=C(NCCc1csc(C(C)C)n1)NCc1cc(OC)c(OC)c(OC)c1.I. The average molecular weight is 534 g/mol. The van der Waals surface area contributed by atoms with Crippen LogP contribution >= 0.6 is 35.3 Å². The summed E-state index contributed by atoms with van der Waals surface area (Å²) in [4.78, 5) is 8.94. The molecule has 2 N–H and O–H groups in total. The predicted molar refractivity (Wildman–Crippen MR) is 130 cm³/mol. The highest BCUT2D eigenvalue weighted by molar-refractivity contribution is 14.0. The summed E-state index contributed by atoms with van der Waals surface area (Å²) in [5.41, 5.74) is 2.11. The Labute approximate surface area is 194 Å². The highest BCUT2D eigenvalue weighted by atomic mass is 127. The second kappa shape index (κ2) is 12.7. The fraction of sp³-hybridized carbons (Fsp3) is 0.500. The summed E-state index contributed by atoms with van der Waals surface area (Å²) in [6, 6.07) is 3.84. The molecule has 29 heavy (non-hydrogen) atoms. The number of halogens is 1. The molecule has 0 spiro atoms. The zero-order valence-corrected chi connectivity index (χ0v) is 21.0. The Morgan fingerprint density at radius 2 is 1.76 bits per heavy atom. The van der Waals surface area contributed by atoms with E-state index in [1.54, 1.807) is 39.7 Å². The van der Waals surface area contributed by atoms with Crippen LogP contribution in [0.25, 0.3) is 0 Å². The normalized spacial score (nSPS) is 11.1. The Morgan fingerprint density at radius 3 is 2.24 bits per heavy atom. The summed E-state index contributed by atoms with van der Waals surface area (Å²) < 4.78 is 16.2. The van der Waals surface area contributed by atoms with Crippen molar-refractivity contribution in [3.8, 4) is 17.2 Å². The highest BCUT2D eigenvalue weighted by Gasteiger charge is 2.13. The third-order valence-electron chi connectivity index (χ3n) is 4.15. The van der Waals surface area contributed by atoms with E-state index in [1.165, 1.54) is 5.01 Å². The van der Waals surface area contributed by atoms with Crippen molar-refractivity contribution in [1.82, 2.24) is 15.6 Å². The van der Waals surface area contributed by atoms with Crippen molar-refractivity contribution in [3.63, 3.8) is 0 Å². The molecule has 0 unspecified atom stereocenters. The molecule has 1 heterocycles. The van der Waals surface area contributed by atoms with Gasteiger partial charge in [0.05, 0.1) is 32.0 Å². The first-order valence-electron chi connectivity index (χ1n) is 9.20. The molecule has 0 aliphatic carbocycles. The smallest absolute Gasteiger partial charge is 0.203 e. The zero-order valence-electron chi connectivity index (χ0n) is 17.9. The van der Waals surface area contributed by atoms with Gasteiger partial charge in [0.15, 0.2) is 17.5 Å². The van der Waals surface area contributed by atoms with Crippen molar-refractivity contribution < 1.29 is 14.2 Å². The maximum absolute atomic E-state index is 5.40. The van der Waals surface area contributed by atoms with E-state index in [0.717, 1.165) is 30.2 Å². The lowest BCUT2D eigenvalue weighted by molar-refractivity contribution is 0.323. The molecule has 1 aromatic carbocycles. The van der Waals surface area contributed by atoms with Crippen LogP contribution in [0.3, 0.4) is 0 Å². The minimum Gasteiger partial charge on any atom is -0.493 e. The van der Waals surface area contributed by atoms with Crippen LogP contribution in [0.15, 0.2) is 22.5 Å². The van der Waals surface area contributed by atoms with Gasteiger partial charge in [-0.2, -0.15) is 0 Å². The number of methoxy groups -OCH3 is 3. The van der Waals surface area contributed by atoms with E-state index in [4.69, 9.17) is 14.2 Å². The van der Waals surface area contributed by atoms with E-state index in [2.05, 4.69) is 39.8 Å². The molecule has 2 rings (SSSR count). The first kappa shape index (κ1) is 25.3. The largest absolute Gasteiger partial charge is 0.493 e. The molecule has 7 nitrogen and oxygen atoms in total. The maximum Gasteiger partial charge on any atom is 0.203 e. The first-order valence-corrected chi connectivity index (χ1v) is 10.1. The van der Waals surface area contributed by atoms with E-state index in [0.29, 0.717) is 29.7 Å². The van der Waals surface area contributed by atoms with E-state index in [-0.39, 0.29) is 24.0 Å². The van der Waals surface area contributed by atoms with Crippen LogP contribution in [0.4, 0.5) is 0 Å². The molecule has 0 bridgehead atoms. The number of guanidine groups is 1. The third kappa shape index (κ3) is 7.22. The van der Waals surface area contributed by atoms with Crippen molar-refractivity contribution >= 4 is 41.3 Å². The van der Waals surface area contributed by atoms with Crippen molar-refractivity contribution in [2.75, 3.05) is 34.9 Å². The Balaban J connectivity index is 0.00000420. The number of ether oxygens (including phenoxy) is 3. The van der Waals surface area contributed by atoms with Gasteiger partial charge in [-0.3, -0.25) is 4.99 Å². The molecule has 0 atom stereocenters. The molecular weight excluding hydrogens is 503 g/mol. The molecule has 0 aliphatic heterocycles. The lowest BCUT2D eigenvalue weighted by atomic mass is 10.2. The number of aromatic nitrogens is 1. The Hall–Kier alpha value is -1.75. The lowest BCUT2D eigenvalue weighted by Crippen LogP contribution is -2.37. The number of hydrogen-bond donors (Lipinski definition) is 2. The minimum atomic E-state index is 0. The summed E-state index contributed by atoms with van der Waals surface area (Å²) >= 11 is 1.72. The molecule has 0 fully saturated rings. The number of aliphatic imine (C=N–C) groups is 1. The van der Waals surface area contributed by atoms with Gasteiger partial charge in [0.2, 0.25) is 5.75 Å². The Morgan fingerprint density at radius 1 is 1.10 bits per heavy atom. The number of nitrogens with zero attached hydrogens (tertiary/aromatic N) is 2. The first-order chi connectivity index (χ1) is 13.5. The van der Waals surface area contributed by atoms with Crippen LogP contribution < -0.4 is 24.8 Å². The van der Waals surface area contributed by atoms with Crippen LogP contribution in [0.1, 0.15) is 36.0 Å². The standard InChI is InChI=1S/C20H30N4O3S.HI/c1-13(2)19-24-15(12-28-19)7-8-22-20(21-3)23-11-14-9-16(25-4)18(27-6)17(10-14)26-5;/h9-10,12-13H,7-8,11H2,1-6H3,(H2,21,22,23);1H. The molecular formula is C20H31IN4O3S. The van der Waals surface area contributed by atoms with E-state index >= 15 is 0 Å². The topological polar surface area (TPSA) is 77.0 Å². The molecule has 0 saturated heterocycles. The summed E-state index contributed by atoms with van der Waals surface area (Å²) in [5.74, 6) is 3.05. The van der Waals surface area contributed by atoms with Gasteiger partial charge in [0.25, 0.3) is 0 Å². The molecule has 9 heteroatoms. The van der Waals surface area contributed by atoms with Crippen LogP contribution in [0.2, 0.25) is 0 Å². The molecule has 162 valence electrons. The Bertz CT molecular complexity index is 771. The summed E-state index contributed by atoms with van der Waals surface area (Å²) in [6.07, 6.45) is 0.855. The lowest BCUT2D eigenvalue weighted by Gasteiger charge is -2.15. The van der Waals surface area contributed by atoms with Gasteiger partial charge in [-0.1, -0.05) is 13.8 Å². The molecule has 0 amide bonds. The quantitative estimate of drug-likeness (QED) is 0.290. The van der Waals surface area contributed by atoms with E-state index in [1.807, 2.05) is 12.1 Å². The number of rotatable bonds is 9. The van der Waals surface area contributed by atoms with Gasteiger partial charge in [-0.25, -0.2) is 4.98 Å². The summed E-state index contributed by atoms with van der Waals surface area (Å²) in [6.45, 7) is 5.66. The minimum absolute atomic E-state index is 0. The predicted octanol–water partition coefficient (Wildman–Crippen LogP) is 3.82. The monoisotopic (exact) mass is 534 g/mol. The number of benzene rings is 1. The van der Waals surface area contributed by atoms with Gasteiger partial charge in [-0.05, 0) is 17.7 Å². The second-order valence-electron chi connectivity index (χ2n) is 6.47. The fourth-order valence-electron chi connectivity index (χ4n) is 2.66. The zero-order chi connectivity index (χ0) is 20.5. The maximum atomic E-state index is 5.40. The van der Waals surface area contributed by atoms with Crippen molar-refractivity contribution in [3.05, 3.63) is 33.8 Å². The third-order valence-corrected chi connectivity index (χ3v) is 5.34. The van der Waals surface area contributed by atoms with Gasteiger partial charge in [0, 0.05) is 37.9 Å². The molecule has 0 saturated carbocycles. The molecule has 0 radical (unpaired) electrons. The van der Waals surface area contributed by atoms with E-state index in [9.17, 15) is 0 Å². The second-order valence-corrected chi connectivity index (χ2v) is 7.36. The number of nitrogens with one attached hydrogen (secondary N) is 2. The van der Waals surface area contributed by atoms with Gasteiger partial charge >= 0.3 is 0 Å².